The van der Waals surface area contributed by atoms with Crippen LogP contribution in [0.3, 0.4) is 0 Å². The molecule has 0 bridgehead atoms. The molecular weight excluding hydrogens is 377 g/mol. The van der Waals surface area contributed by atoms with E-state index in [1.807, 2.05) is 36.4 Å². The second-order valence-corrected chi connectivity index (χ2v) is 7.67. The first-order valence-electron chi connectivity index (χ1n) is 9.99. The fraction of sp³-hybridized carbons (Fsp3) is 0.125. The zero-order valence-electron chi connectivity index (χ0n) is 16.0. The van der Waals surface area contributed by atoms with Gasteiger partial charge in [0.05, 0.1) is 5.52 Å². The molecular formula is C24H18FN5. The van der Waals surface area contributed by atoms with E-state index in [1.54, 1.807) is 6.07 Å². The Kier molecular flexibility index (Phi) is 3.77. The number of rotatable bonds is 4. The Balaban J connectivity index is 1.42. The van der Waals surface area contributed by atoms with Crippen LogP contribution in [-0.4, -0.2) is 20.2 Å². The van der Waals surface area contributed by atoms with Gasteiger partial charge in [-0.1, -0.05) is 48.5 Å². The number of halogens is 1. The van der Waals surface area contributed by atoms with E-state index in [2.05, 4.69) is 39.8 Å². The lowest BCUT2D eigenvalue weighted by Crippen LogP contribution is -2.02. The summed E-state index contributed by atoms with van der Waals surface area (Å²) in [6, 6.07) is 23.3. The van der Waals surface area contributed by atoms with Crippen molar-refractivity contribution >= 4 is 33.4 Å². The standard InChI is InChI=1S/C24H18FN5/c25-19-11-6-10-16-21(19)29-30-24(16)28-22-15-9-4-5-12-20(15)26-23(27-22)18-13-17(18)14-7-2-1-3-8-14/h1-12,17-18H,13H2,(H2,26,27,28,29,30). The summed E-state index contributed by atoms with van der Waals surface area (Å²) in [6.07, 6.45) is 1.04. The predicted molar refractivity (Wildman–Crippen MR) is 115 cm³/mol. The van der Waals surface area contributed by atoms with Gasteiger partial charge in [-0.15, -0.1) is 0 Å². The van der Waals surface area contributed by atoms with Gasteiger partial charge in [-0.05, 0) is 42.2 Å². The van der Waals surface area contributed by atoms with E-state index in [1.165, 1.54) is 11.6 Å². The van der Waals surface area contributed by atoms with Gasteiger partial charge in [0.1, 0.15) is 23.0 Å². The minimum Gasteiger partial charge on any atom is -0.322 e. The van der Waals surface area contributed by atoms with Crippen LogP contribution in [0.5, 0.6) is 0 Å². The summed E-state index contributed by atoms with van der Waals surface area (Å²) < 4.78 is 14.0. The maximum Gasteiger partial charge on any atom is 0.161 e. The molecule has 30 heavy (non-hydrogen) atoms. The van der Waals surface area contributed by atoms with Crippen LogP contribution in [0.2, 0.25) is 0 Å². The Morgan fingerprint density at radius 1 is 0.800 bits per heavy atom. The summed E-state index contributed by atoms with van der Waals surface area (Å²) >= 11 is 0. The van der Waals surface area contributed by atoms with E-state index in [-0.39, 0.29) is 5.82 Å². The SMILES string of the molecule is Fc1cccc2c(Nc3nc(C4CC4c4ccccc4)nc4ccccc34)n[nH]c12. The van der Waals surface area contributed by atoms with Crippen molar-refractivity contribution in [2.24, 2.45) is 0 Å². The molecule has 0 aliphatic heterocycles. The highest BCUT2D eigenvalue weighted by Gasteiger charge is 2.42. The topological polar surface area (TPSA) is 66.5 Å². The van der Waals surface area contributed by atoms with Crippen LogP contribution in [0.4, 0.5) is 16.0 Å². The smallest absolute Gasteiger partial charge is 0.161 e. The van der Waals surface area contributed by atoms with Crippen molar-refractivity contribution in [2.45, 2.75) is 18.3 Å². The lowest BCUT2D eigenvalue weighted by Gasteiger charge is -2.10. The van der Waals surface area contributed by atoms with Crippen LogP contribution in [0.25, 0.3) is 21.8 Å². The molecule has 2 atom stereocenters. The molecule has 3 aromatic carbocycles. The highest BCUT2D eigenvalue weighted by atomic mass is 19.1. The van der Waals surface area contributed by atoms with E-state index in [4.69, 9.17) is 9.97 Å². The molecule has 1 aliphatic rings. The highest BCUT2D eigenvalue weighted by molar-refractivity contribution is 5.96. The van der Waals surface area contributed by atoms with Crippen molar-refractivity contribution in [1.82, 2.24) is 20.2 Å². The van der Waals surface area contributed by atoms with Gasteiger partial charge < -0.3 is 5.32 Å². The Hall–Kier alpha value is -3.80. The maximum absolute atomic E-state index is 14.0. The van der Waals surface area contributed by atoms with Gasteiger partial charge in [0, 0.05) is 16.7 Å². The van der Waals surface area contributed by atoms with E-state index >= 15 is 0 Å². The van der Waals surface area contributed by atoms with Crippen LogP contribution >= 0.6 is 0 Å². The van der Waals surface area contributed by atoms with E-state index in [0.29, 0.717) is 34.4 Å². The normalized spacial score (nSPS) is 18.0. The van der Waals surface area contributed by atoms with Crippen molar-refractivity contribution < 1.29 is 4.39 Å². The van der Waals surface area contributed by atoms with E-state index < -0.39 is 0 Å². The number of hydrogen-bond donors (Lipinski definition) is 2. The quantitative estimate of drug-likeness (QED) is 0.412. The first-order chi connectivity index (χ1) is 14.8. The second-order valence-electron chi connectivity index (χ2n) is 7.67. The Morgan fingerprint density at radius 2 is 1.60 bits per heavy atom. The number of nitrogens with one attached hydrogen (secondary N) is 2. The van der Waals surface area contributed by atoms with Crippen molar-refractivity contribution in [2.75, 3.05) is 5.32 Å². The minimum atomic E-state index is -0.329. The summed E-state index contributed by atoms with van der Waals surface area (Å²) in [5.41, 5.74) is 2.59. The Morgan fingerprint density at radius 3 is 2.50 bits per heavy atom. The average Bonchev–Trinajstić information content (AvgIpc) is 3.49. The van der Waals surface area contributed by atoms with Crippen LogP contribution in [-0.2, 0) is 0 Å². The summed E-state index contributed by atoms with van der Waals surface area (Å²) in [4.78, 5) is 9.71. The second kappa shape index (κ2) is 6.62. The first kappa shape index (κ1) is 17.1. The molecule has 5 nitrogen and oxygen atoms in total. The van der Waals surface area contributed by atoms with Crippen LogP contribution in [0.15, 0.2) is 72.8 Å². The fourth-order valence-electron chi connectivity index (χ4n) is 4.12. The summed E-state index contributed by atoms with van der Waals surface area (Å²) in [7, 11) is 0. The van der Waals surface area contributed by atoms with Crippen LogP contribution < -0.4 is 5.32 Å². The number of para-hydroxylation sites is 2. The summed E-state index contributed by atoms with van der Waals surface area (Å²) in [5, 5.41) is 12.0. The maximum atomic E-state index is 14.0. The zero-order chi connectivity index (χ0) is 20.1. The largest absolute Gasteiger partial charge is 0.322 e. The third-order valence-corrected chi connectivity index (χ3v) is 5.76. The summed E-state index contributed by atoms with van der Waals surface area (Å²) in [6.45, 7) is 0. The molecule has 2 unspecified atom stereocenters. The van der Waals surface area contributed by atoms with Crippen molar-refractivity contribution in [3.63, 3.8) is 0 Å². The number of benzene rings is 3. The van der Waals surface area contributed by atoms with Gasteiger partial charge in [0.25, 0.3) is 0 Å². The average molecular weight is 395 g/mol. The molecule has 0 saturated heterocycles. The molecule has 1 saturated carbocycles. The molecule has 0 radical (unpaired) electrons. The lowest BCUT2D eigenvalue weighted by atomic mass is 10.1. The van der Waals surface area contributed by atoms with Crippen molar-refractivity contribution in [3.8, 4) is 0 Å². The van der Waals surface area contributed by atoms with E-state index in [0.717, 1.165) is 23.1 Å². The predicted octanol–water partition coefficient (Wildman–Crippen LogP) is 5.66. The minimum absolute atomic E-state index is 0.297. The van der Waals surface area contributed by atoms with Gasteiger partial charge in [-0.3, -0.25) is 5.10 Å². The molecule has 1 fully saturated rings. The van der Waals surface area contributed by atoms with E-state index in [9.17, 15) is 4.39 Å². The first-order valence-corrected chi connectivity index (χ1v) is 9.99. The molecule has 146 valence electrons. The summed E-state index contributed by atoms with van der Waals surface area (Å²) in [5.74, 6) is 2.48. The van der Waals surface area contributed by atoms with Crippen LogP contribution in [0.1, 0.15) is 29.6 Å². The van der Waals surface area contributed by atoms with Crippen LogP contribution in [0, 0.1) is 5.82 Å². The molecule has 0 amide bonds. The number of aromatic amines is 1. The molecule has 2 N–H and O–H groups in total. The zero-order valence-corrected chi connectivity index (χ0v) is 16.0. The number of hydrogen-bond acceptors (Lipinski definition) is 4. The number of anilines is 2. The van der Waals surface area contributed by atoms with Crippen molar-refractivity contribution in [3.05, 3.63) is 90.0 Å². The number of aromatic nitrogens is 4. The van der Waals surface area contributed by atoms with Gasteiger partial charge in [0.15, 0.2) is 5.82 Å². The van der Waals surface area contributed by atoms with Gasteiger partial charge in [0.2, 0.25) is 0 Å². The number of nitrogens with zero attached hydrogens (tertiary/aromatic N) is 3. The molecule has 1 aliphatic carbocycles. The van der Waals surface area contributed by atoms with Gasteiger partial charge >= 0.3 is 0 Å². The van der Waals surface area contributed by atoms with Crippen molar-refractivity contribution in [1.29, 1.82) is 0 Å². The third-order valence-electron chi connectivity index (χ3n) is 5.76. The third kappa shape index (κ3) is 2.80. The van der Waals surface area contributed by atoms with Gasteiger partial charge in [-0.2, -0.15) is 5.10 Å². The number of fused-ring (bicyclic) bond motifs is 2. The molecule has 0 spiro atoms. The molecule has 6 heteroatoms. The van der Waals surface area contributed by atoms with Gasteiger partial charge in [-0.25, -0.2) is 14.4 Å². The number of H-pyrrole nitrogens is 1. The molecule has 5 aromatic rings. The highest BCUT2D eigenvalue weighted by Crippen LogP contribution is 2.53. The Labute approximate surface area is 172 Å². The monoisotopic (exact) mass is 395 g/mol. The Bertz CT molecular complexity index is 1380. The molecule has 2 heterocycles. The fourth-order valence-corrected chi connectivity index (χ4v) is 4.12. The molecule has 2 aromatic heterocycles. The lowest BCUT2D eigenvalue weighted by molar-refractivity contribution is 0.636. The molecule has 6 rings (SSSR count).